The molecule has 13 nitrogen and oxygen atoms in total. The van der Waals surface area contributed by atoms with Crippen molar-refractivity contribution in [3.63, 3.8) is 0 Å². The topological polar surface area (TPSA) is 188 Å². The Hall–Kier alpha value is -4.16. The van der Waals surface area contributed by atoms with Gasteiger partial charge in [0.1, 0.15) is 10.9 Å². The fourth-order valence-corrected chi connectivity index (χ4v) is 2.73. The zero-order chi connectivity index (χ0) is 18.5. The van der Waals surface area contributed by atoms with E-state index in [1.165, 1.54) is 24.3 Å². The van der Waals surface area contributed by atoms with E-state index in [0.717, 1.165) is 0 Å². The lowest BCUT2D eigenvalue weighted by molar-refractivity contribution is -0.450. The van der Waals surface area contributed by atoms with Gasteiger partial charge in [-0.05, 0) is 6.07 Å². The van der Waals surface area contributed by atoms with E-state index in [1.807, 2.05) is 0 Å². The van der Waals surface area contributed by atoms with Crippen LogP contribution in [0.4, 0.5) is 22.7 Å². The van der Waals surface area contributed by atoms with Crippen LogP contribution in [0.2, 0.25) is 0 Å². The first-order chi connectivity index (χ1) is 11.8. The second kappa shape index (κ2) is 5.19. The Balaban J connectivity index is 2.78. The first-order valence-corrected chi connectivity index (χ1v) is 6.43. The Morgan fingerprint density at radius 1 is 0.680 bits per heavy atom. The molecule has 126 valence electrons. The molecule has 0 saturated heterocycles. The zero-order valence-corrected chi connectivity index (χ0v) is 11.9. The predicted octanol–water partition coefficient (Wildman–Crippen LogP) is 2.95. The average Bonchev–Trinajstić information content (AvgIpc) is 2.90. The summed E-state index contributed by atoms with van der Waals surface area (Å²) in [5, 5.41) is 45.0. The van der Waals surface area contributed by atoms with Gasteiger partial charge in [-0.2, -0.15) is 0 Å². The van der Waals surface area contributed by atoms with Crippen LogP contribution < -0.4 is 0 Å². The van der Waals surface area contributed by atoms with Crippen molar-refractivity contribution in [1.82, 2.24) is 4.98 Å². The van der Waals surface area contributed by atoms with Crippen LogP contribution in [0.1, 0.15) is 0 Å². The van der Waals surface area contributed by atoms with E-state index < -0.39 is 53.3 Å². The van der Waals surface area contributed by atoms with E-state index in [2.05, 4.69) is 4.98 Å². The third kappa shape index (κ3) is 2.10. The number of aromatic amines is 1. The molecular weight excluding hydrogens is 342 g/mol. The van der Waals surface area contributed by atoms with Crippen LogP contribution >= 0.6 is 0 Å². The van der Waals surface area contributed by atoms with Crippen molar-refractivity contribution >= 4 is 44.6 Å². The molecule has 1 N–H and O–H groups in total. The van der Waals surface area contributed by atoms with E-state index >= 15 is 0 Å². The van der Waals surface area contributed by atoms with Gasteiger partial charge >= 0.3 is 22.7 Å². The van der Waals surface area contributed by atoms with Crippen LogP contribution in [-0.2, 0) is 0 Å². The van der Waals surface area contributed by atoms with Gasteiger partial charge in [0, 0.05) is 10.9 Å². The summed E-state index contributed by atoms with van der Waals surface area (Å²) in [5.41, 5.74) is -5.75. The Kier molecular flexibility index (Phi) is 3.26. The number of nitro groups is 4. The number of fused-ring (bicyclic) bond motifs is 3. The number of hydrogen-bond acceptors (Lipinski definition) is 8. The van der Waals surface area contributed by atoms with Gasteiger partial charge in [-0.3, -0.25) is 40.5 Å². The minimum absolute atomic E-state index is 0.102. The highest BCUT2D eigenvalue weighted by Crippen LogP contribution is 2.51. The lowest BCUT2D eigenvalue weighted by Gasteiger charge is -2.01. The summed E-state index contributed by atoms with van der Waals surface area (Å²) in [6.07, 6.45) is 0. The van der Waals surface area contributed by atoms with Crippen LogP contribution in [0, 0.1) is 40.5 Å². The second-order valence-corrected chi connectivity index (χ2v) is 4.84. The Morgan fingerprint density at radius 2 is 1.16 bits per heavy atom. The van der Waals surface area contributed by atoms with Gasteiger partial charge in [0.05, 0.1) is 19.7 Å². The quantitative estimate of drug-likeness (QED) is 0.550. The van der Waals surface area contributed by atoms with E-state index in [0.29, 0.717) is 0 Å². The summed E-state index contributed by atoms with van der Waals surface area (Å²) in [5.74, 6) is 0. The maximum Gasteiger partial charge on any atom is 0.432 e. The number of rotatable bonds is 4. The largest absolute Gasteiger partial charge is 0.432 e. The smallest absolute Gasteiger partial charge is 0.348 e. The summed E-state index contributed by atoms with van der Waals surface area (Å²) < 4.78 is 0. The van der Waals surface area contributed by atoms with Crippen molar-refractivity contribution in [3.05, 3.63) is 64.7 Å². The molecule has 0 radical (unpaired) electrons. The first kappa shape index (κ1) is 15.7. The van der Waals surface area contributed by atoms with E-state index in [1.54, 1.807) is 0 Å². The lowest BCUT2D eigenvalue weighted by Crippen LogP contribution is -2.06. The highest BCUT2D eigenvalue weighted by Gasteiger charge is 2.48. The molecule has 0 amide bonds. The van der Waals surface area contributed by atoms with Gasteiger partial charge in [0.2, 0.25) is 0 Å². The molecule has 0 aliphatic heterocycles. The molecular formula is C12H5N5O8. The summed E-state index contributed by atoms with van der Waals surface area (Å²) in [4.78, 5) is 42.8. The standard InChI is InChI=1S/C12H5N5O8/c18-14(19)9-7-5-3-1-2-4-6(5)13-8(7)10(15(20)21)12(17(24)25)11(9)16(22)23/h1-4,13H. The molecule has 1 heterocycles. The Labute approximate surface area is 135 Å². The fraction of sp³-hybridized carbons (Fsp3) is 0. The number of hydrogen-bond donors (Lipinski definition) is 1. The Bertz CT molecular complexity index is 1120. The molecule has 0 spiro atoms. The molecule has 3 aromatic rings. The summed E-state index contributed by atoms with van der Waals surface area (Å²) in [6.45, 7) is 0. The van der Waals surface area contributed by atoms with Gasteiger partial charge in [-0.25, -0.2) is 0 Å². The fourth-order valence-electron chi connectivity index (χ4n) is 2.73. The number of nitrogens with one attached hydrogen (secondary N) is 1. The van der Waals surface area contributed by atoms with Crippen LogP contribution in [0.25, 0.3) is 21.8 Å². The van der Waals surface area contributed by atoms with E-state index in [-0.39, 0.29) is 10.9 Å². The van der Waals surface area contributed by atoms with Crippen molar-refractivity contribution in [1.29, 1.82) is 0 Å². The van der Waals surface area contributed by atoms with E-state index in [9.17, 15) is 40.5 Å². The van der Waals surface area contributed by atoms with Crippen molar-refractivity contribution in [2.45, 2.75) is 0 Å². The number of benzene rings is 2. The minimum Gasteiger partial charge on any atom is -0.348 e. The normalized spacial score (nSPS) is 10.9. The molecule has 0 atom stereocenters. The number of para-hydroxylation sites is 1. The molecule has 0 saturated carbocycles. The molecule has 0 unspecified atom stereocenters. The van der Waals surface area contributed by atoms with Crippen molar-refractivity contribution < 1.29 is 19.7 Å². The van der Waals surface area contributed by atoms with Crippen molar-refractivity contribution in [2.24, 2.45) is 0 Å². The highest BCUT2D eigenvalue weighted by molar-refractivity contribution is 6.18. The molecule has 0 fully saturated rings. The van der Waals surface area contributed by atoms with Gasteiger partial charge < -0.3 is 4.98 Å². The van der Waals surface area contributed by atoms with Crippen molar-refractivity contribution in [3.8, 4) is 0 Å². The third-order valence-corrected chi connectivity index (χ3v) is 3.58. The SMILES string of the molecule is O=[N+]([O-])c1c([N+](=O)[O-])c([N+](=O)[O-])c2c([nH]c3ccccc32)c1[N+](=O)[O-]. The monoisotopic (exact) mass is 347 g/mol. The van der Waals surface area contributed by atoms with Crippen LogP contribution in [0.3, 0.4) is 0 Å². The number of nitro benzene ring substituents is 4. The molecule has 3 rings (SSSR count). The van der Waals surface area contributed by atoms with Gasteiger partial charge in [-0.1, -0.05) is 18.2 Å². The third-order valence-electron chi connectivity index (χ3n) is 3.58. The average molecular weight is 347 g/mol. The maximum atomic E-state index is 11.4. The molecule has 25 heavy (non-hydrogen) atoms. The summed E-state index contributed by atoms with van der Waals surface area (Å²) >= 11 is 0. The molecule has 0 aliphatic carbocycles. The van der Waals surface area contributed by atoms with Crippen molar-refractivity contribution in [2.75, 3.05) is 0 Å². The van der Waals surface area contributed by atoms with Gasteiger partial charge in [-0.15, -0.1) is 0 Å². The summed E-state index contributed by atoms with van der Waals surface area (Å²) in [6, 6.07) is 5.79. The number of aromatic nitrogens is 1. The molecule has 1 aromatic heterocycles. The first-order valence-electron chi connectivity index (χ1n) is 6.43. The number of H-pyrrole nitrogens is 1. The maximum absolute atomic E-state index is 11.4. The predicted molar refractivity (Wildman–Crippen MR) is 82.4 cm³/mol. The summed E-state index contributed by atoms with van der Waals surface area (Å²) in [7, 11) is 0. The van der Waals surface area contributed by atoms with Gasteiger partial charge in [0.15, 0.2) is 0 Å². The lowest BCUT2D eigenvalue weighted by atomic mass is 10.1. The van der Waals surface area contributed by atoms with Crippen LogP contribution in [-0.4, -0.2) is 24.7 Å². The second-order valence-electron chi connectivity index (χ2n) is 4.84. The van der Waals surface area contributed by atoms with Gasteiger partial charge in [0.25, 0.3) is 0 Å². The molecule has 13 heteroatoms. The van der Waals surface area contributed by atoms with Crippen LogP contribution in [0.5, 0.6) is 0 Å². The highest BCUT2D eigenvalue weighted by atomic mass is 16.7. The van der Waals surface area contributed by atoms with Crippen LogP contribution in [0.15, 0.2) is 24.3 Å². The number of nitrogens with zero attached hydrogens (tertiary/aromatic N) is 4. The minimum atomic E-state index is -1.54. The molecule has 0 bridgehead atoms. The Morgan fingerprint density at radius 3 is 1.68 bits per heavy atom. The molecule has 0 aliphatic rings. The zero-order valence-electron chi connectivity index (χ0n) is 11.9. The molecule has 2 aromatic carbocycles. The van der Waals surface area contributed by atoms with E-state index in [4.69, 9.17) is 0 Å².